The van der Waals surface area contributed by atoms with E-state index in [1.54, 1.807) is 11.8 Å². The number of fused-ring (bicyclic) bond motifs is 1. The molecule has 0 saturated heterocycles. The number of hydrogen-bond donors (Lipinski definition) is 1. The maximum atomic E-state index is 5.99. The molecule has 24 heavy (non-hydrogen) atoms. The number of ether oxygens (including phenoxy) is 1. The number of para-hydroxylation sites is 1. The zero-order chi connectivity index (χ0) is 16.5. The molecule has 6 nitrogen and oxygen atoms in total. The SMILES string of the molecule is COc1ccccc1C1C=C(c2ccc(Cl)cc2)Nc2nnnn21. The summed E-state index contributed by atoms with van der Waals surface area (Å²) >= 11 is 5.99. The molecule has 4 rings (SSSR count). The van der Waals surface area contributed by atoms with Gasteiger partial charge in [0.2, 0.25) is 5.95 Å². The van der Waals surface area contributed by atoms with E-state index in [1.807, 2.05) is 48.5 Å². The van der Waals surface area contributed by atoms with Crippen LogP contribution in [0.15, 0.2) is 54.6 Å². The van der Waals surface area contributed by atoms with Crippen molar-refractivity contribution in [2.75, 3.05) is 12.4 Å². The maximum absolute atomic E-state index is 5.99. The lowest BCUT2D eigenvalue weighted by molar-refractivity contribution is 0.403. The largest absolute Gasteiger partial charge is 0.496 e. The van der Waals surface area contributed by atoms with Crippen molar-refractivity contribution in [3.63, 3.8) is 0 Å². The van der Waals surface area contributed by atoms with Crippen molar-refractivity contribution < 1.29 is 4.74 Å². The summed E-state index contributed by atoms with van der Waals surface area (Å²) in [6.45, 7) is 0. The van der Waals surface area contributed by atoms with Crippen molar-refractivity contribution in [3.05, 3.63) is 70.8 Å². The van der Waals surface area contributed by atoms with E-state index in [0.29, 0.717) is 11.0 Å². The number of tetrazole rings is 1. The third-order valence-corrected chi connectivity index (χ3v) is 4.19. The van der Waals surface area contributed by atoms with Crippen molar-refractivity contribution in [1.29, 1.82) is 0 Å². The number of methoxy groups -OCH3 is 1. The fourth-order valence-electron chi connectivity index (χ4n) is 2.78. The lowest BCUT2D eigenvalue weighted by Crippen LogP contribution is -2.20. The van der Waals surface area contributed by atoms with Gasteiger partial charge in [0.05, 0.1) is 7.11 Å². The summed E-state index contributed by atoms with van der Waals surface area (Å²) < 4.78 is 7.23. The molecule has 0 spiro atoms. The van der Waals surface area contributed by atoms with Crippen molar-refractivity contribution in [1.82, 2.24) is 20.2 Å². The van der Waals surface area contributed by atoms with Crippen molar-refractivity contribution in [2.45, 2.75) is 6.04 Å². The quantitative estimate of drug-likeness (QED) is 0.792. The van der Waals surface area contributed by atoms with Crippen molar-refractivity contribution >= 4 is 23.2 Å². The van der Waals surface area contributed by atoms with E-state index >= 15 is 0 Å². The van der Waals surface area contributed by atoms with Gasteiger partial charge >= 0.3 is 0 Å². The molecule has 1 atom stereocenters. The Labute approximate surface area is 143 Å². The van der Waals surface area contributed by atoms with Crippen LogP contribution in [-0.2, 0) is 0 Å². The van der Waals surface area contributed by atoms with Crippen LogP contribution >= 0.6 is 11.6 Å². The fourth-order valence-corrected chi connectivity index (χ4v) is 2.91. The van der Waals surface area contributed by atoms with Crippen LogP contribution in [0.25, 0.3) is 5.70 Å². The molecule has 1 aromatic heterocycles. The third-order valence-electron chi connectivity index (χ3n) is 3.94. The lowest BCUT2D eigenvalue weighted by atomic mass is 10.0. The minimum Gasteiger partial charge on any atom is -0.496 e. The summed E-state index contributed by atoms with van der Waals surface area (Å²) in [7, 11) is 1.66. The highest BCUT2D eigenvalue weighted by atomic mass is 35.5. The van der Waals surface area contributed by atoms with Gasteiger partial charge in [-0.05, 0) is 40.3 Å². The number of hydrogen-bond acceptors (Lipinski definition) is 5. The van der Waals surface area contributed by atoms with Crippen LogP contribution < -0.4 is 10.1 Å². The minimum atomic E-state index is -0.168. The Morgan fingerprint density at radius 1 is 1.12 bits per heavy atom. The Balaban J connectivity index is 1.83. The average Bonchev–Trinajstić information content (AvgIpc) is 3.10. The van der Waals surface area contributed by atoms with Crippen LogP contribution in [0.1, 0.15) is 17.2 Å². The van der Waals surface area contributed by atoms with Gasteiger partial charge in [0.15, 0.2) is 0 Å². The molecule has 0 bridgehead atoms. The number of rotatable bonds is 3. The standard InChI is InChI=1S/C17H14ClN5O/c1-24-16-5-3-2-4-13(16)15-10-14(11-6-8-12(18)9-7-11)19-17-20-21-22-23(15)17/h2-10,15H,1H3,(H,19,20,22). The van der Waals surface area contributed by atoms with Gasteiger partial charge in [-0.3, -0.25) is 0 Å². The molecule has 1 aliphatic heterocycles. The highest BCUT2D eigenvalue weighted by molar-refractivity contribution is 6.30. The summed E-state index contributed by atoms with van der Waals surface area (Å²) in [6.07, 6.45) is 2.07. The molecule has 7 heteroatoms. The molecule has 0 radical (unpaired) electrons. The van der Waals surface area contributed by atoms with E-state index < -0.39 is 0 Å². The van der Waals surface area contributed by atoms with Gasteiger partial charge < -0.3 is 10.1 Å². The first kappa shape index (κ1) is 14.7. The van der Waals surface area contributed by atoms with Crippen LogP contribution in [0, 0.1) is 0 Å². The Morgan fingerprint density at radius 2 is 1.92 bits per heavy atom. The Hall–Kier alpha value is -2.86. The number of nitrogens with one attached hydrogen (secondary N) is 1. The first-order valence-corrected chi connectivity index (χ1v) is 7.79. The summed E-state index contributed by atoms with van der Waals surface area (Å²) in [6, 6.07) is 15.3. The zero-order valence-electron chi connectivity index (χ0n) is 12.8. The van der Waals surface area contributed by atoms with E-state index in [9.17, 15) is 0 Å². The van der Waals surface area contributed by atoms with Crippen LogP contribution in [0.3, 0.4) is 0 Å². The van der Waals surface area contributed by atoms with Gasteiger partial charge in [-0.25, -0.2) is 0 Å². The average molecular weight is 340 g/mol. The molecular formula is C17H14ClN5O. The van der Waals surface area contributed by atoms with Crippen molar-refractivity contribution in [3.8, 4) is 5.75 Å². The predicted octanol–water partition coefficient (Wildman–Crippen LogP) is 3.39. The first-order valence-electron chi connectivity index (χ1n) is 7.42. The number of nitrogens with zero attached hydrogens (tertiary/aromatic N) is 4. The van der Waals surface area contributed by atoms with Crippen LogP contribution in [-0.4, -0.2) is 27.3 Å². The second-order valence-corrected chi connectivity index (χ2v) is 5.78. The summed E-state index contributed by atoms with van der Waals surface area (Å²) in [5.74, 6) is 1.37. The third kappa shape index (κ3) is 2.51. The number of anilines is 1. The van der Waals surface area contributed by atoms with Crippen LogP contribution in [0.2, 0.25) is 5.02 Å². The molecule has 3 aromatic rings. The van der Waals surface area contributed by atoms with Gasteiger partial charge in [0.1, 0.15) is 11.8 Å². The molecule has 1 unspecified atom stereocenters. The van der Waals surface area contributed by atoms with Crippen LogP contribution in [0.5, 0.6) is 5.75 Å². The maximum Gasteiger partial charge on any atom is 0.248 e. The normalized spacial score (nSPS) is 16.1. The van der Waals surface area contributed by atoms with Gasteiger partial charge in [-0.15, -0.1) is 0 Å². The van der Waals surface area contributed by atoms with E-state index in [0.717, 1.165) is 22.6 Å². The van der Waals surface area contributed by atoms with E-state index in [2.05, 4.69) is 26.9 Å². The van der Waals surface area contributed by atoms with Gasteiger partial charge in [-0.1, -0.05) is 47.0 Å². The molecule has 0 saturated carbocycles. The number of halogens is 1. The fraction of sp³-hybridized carbons (Fsp3) is 0.118. The van der Waals surface area contributed by atoms with E-state index in [1.165, 1.54) is 0 Å². The van der Waals surface area contributed by atoms with Crippen molar-refractivity contribution in [2.24, 2.45) is 0 Å². The number of allylic oxidation sites excluding steroid dienone is 1. The monoisotopic (exact) mass is 339 g/mol. The second kappa shape index (κ2) is 5.98. The van der Waals surface area contributed by atoms with E-state index in [4.69, 9.17) is 16.3 Å². The molecule has 1 aliphatic rings. The molecule has 2 aromatic carbocycles. The minimum absolute atomic E-state index is 0.168. The predicted molar refractivity (Wildman–Crippen MR) is 92.0 cm³/mol. The Kier molecular flexibility index (Phi) is 3.66. The highest BCUT2D eigenvalue weighted by Crippen LogP contribution is 2.35. The van der Waals surface area contributed by atoms with Gasteiger partial charge in [-0.2, -0.15) is 4.68 Å². The highest BCUT2D eigenvalue weighted by Gasteiger charge is 2.26. The Bertz CT molecular complexity index is 903. The number of benzene rings is 2. The topological polar surface area (TPSA) is 64.9 Å². The molecule has 0 amide bonds. The van der Waals surface area contributed by atoms with E-state index in [-0.39, 0.29) is 6.04 Å². The lowest BCUT2D eigenvalue weighted by Gasteiger charge is -2.24. The van der Waals surface area contributed by atoms with Crippen LogP contribution in [0.4, 0.5) is 5.95 Å². The zero-order valence-corrected chi connectivity index (χ0v) is 13.6. The molecule has 120 valence electrons. The summed E-state index contributed by atoms with van der Waals surface area (Å²) in [5.41, 5.74) is 2.92. The molecule has 2 heterocycles. The molecular weight excluding hydrogens is 326 g/mol. The first-order chi connectivity index (χ1) is 11.8. The summed E-state index contributed by atoms with van der Waals surface area (Å²) in [4.78, 5) is 0. The van der Waals surface area contributed by atoms with Gasteiger partial charge in [0.25, 0.3) is 0 Å². The summed E-state index contributed by atoms with van der Waals surface area (Å²) in [5, 5.41) is 15.9. The second-order valence-electron chi connectivity index (χ2n) is 5.35. The smallest absolute Gasteiger partial charge is 0.248 e. The Morgan fingerprint density at radius 3 is 2.71 bits per heavy atom. The molecule has 0 fully saturated rings. The van der Waals surface area contributed by atoms with Gasteiger partial charge in [0, 0.05) is 16.3 Å². The molecule has 0 aliphatic carbocycles. The molecule has 1 N–H and O–H groups in total. The number of aromatic nitrogens is 4.